The molecule has 0 spiro atoms. The second-order valence-corrected chi connectivity index (χ2v) is 5.92. The van der Waals surface area contributed by atoms with Crippen LogP contribution in [0, 0.1) is 5.92 Å². The maximum atomic E-state index is 8.72. The predicted molar refractivity (Wildman–Crippen MR) is 78.9 cm³/mol. The third-order valence-electron chi connectivity index (χ3n) is 4.31. The molecular formula is C16H33NO. The standard InChI is InChI=1S/C16H33NO/c1-2-3-6-9-16-10-13-17(14-11-16)12-7-4-5-8-15-18/h16,18H,2-15H2,1H3. The molecule has 1 aliphatic rings. The summed E-state index contributed by atoms with van der Waals surface area (Å²) in [7, 11) is 0. The molecule has 18 heavy (non-hydrogen) atoms. The molecule has 0 atom stereocenters. The Labute approximate surface area is 114 Å². The Morgan fingerprint density at radius 2 is 1.67 bits per heavy atom. The van der Waals surface area contributed by atoms with Gasteiger partial charge >= 0.3 is 0 Å². The number of aliphatic hydroxyl groups is 1. The average molecular weight is 255 g/mol. The zero-order valence-electron chi connectivity index (χ0n) is 12.4. The van der Waals surface area contributed by atoms with Gasteiger partial charge in [0.2, 0.25) is 0 Å². The first-order valence-electron chi connectivity index (χ1n) is 8.20. The first kappa shape index (κ1) is 16.0. The van der Waals surface area contributed by atoms with Gasteiger partial charge in [-0.05, 0) is 51.2 Å². The summed E-state index contributed by atoms with van der Waals surface area (Å²) in [6.45, 7) is 6.60. The third-order valence-corrected chi connectivity index (χ3v) is 4.31. The van der Waals surface area contributed by atoms with Gasteiger partial charge in [-0.15, -0.1) is 0 Å². The molecule has 0 radical (unpaired) electrons. The van der Waals surface area contributed by atoms with Crippen LogP contribution in [-0.2, 0) is 0 Å². The van der Waals surface area contributed by atoms with E-state index in [4.69, 9.17) is 5.11 Å². The molecule has 1 saturated heterocycles. The molecule has 0 bridgehead atoms. The smallest absolute Gasteiger partial charge is 0.0431 e. The van der Waals surface area contributed by atoms with Crippen LogP contribution >= 0.6 is 0 Å². The lowest BCUT2D eigenvalue weighted by Gasteiger charge is -2.32. The molecule has 1 rings (SSSR count). The van der Waals surface area contributed by atoms with Crippen molar-refractivity contribution in [2.75, 3.05) is 26.2 Å². The molecule has 1 aliphatic heterocycles. The number of hydrogen-bond donors (Lipinski definition) is 1. The highest BCUT2D eigenvalue weighted by Gasteiger charge is 2.17. The van der Waals surface area contributed by atoms with Crippen molar-refractivity contribution in [3.8, 4) is 0 Å². The zero-order chi connectivity index (χ0) is 13.1. The van der Waals surface area contributed by atoms with Crippen LogP contribution in [0.3, 0.4) is 0 Å². The fraction of sp³-hybridized carbons (Fsp3) is 1.00. The number of unbranched alkanes of at least 4 members (excludes halogenated alkanes) is 5. The molecule has 0 aromatic carbocycles. The molecule has 2 heteroatoms. The number of piperidine rings is 1. The van der Waals surface area contributed by atoms with Crippen LogP contribution in [0.1, 0.15) is 71.1 Å². The highest BCUT2D eigenvalue weighted by Crippen LogP contribution is 2.23. The van der Waals surface area contributed by atoms with E-state index in [1.54, 1.807) is 0 Å². The maximum absolute atomic E-state index is 8.72. The molecule has 0 amide bonds. The van der Waals surface area contributed by atoms with Gasteiger partial charge in [-0.2, -0.15) is 0 Å². The van der Waals surface area contributed by atoms with E-state index in [0.29, 0.717) is 6.61 Å². The lowest BCUT2D eigenvalue weighted by Crippen LogP contribution is -2.34. The lowest BCUT2D eigenvalue weighted by molar-refractivity contribution is 0.174. The quantitative estimate of drug-likeness (QED) is 0.600. The first-order valence-corrected chi connectivity index (χ1v) is 8.20. The Bertz CT molecular complexity index is 176. The van der Waals surface area contributed by atoms with Crippen molar-refractivity contribution in [3.05, 3.63) is 0 Å². The minimum absolute atomic E-state index is 0.364. The van der Waals surface area contributed by atoms with E-state index in [1.165, 1.54) is 77.4 Å². The van der Waals surface area contributed by atoms with E-state index in [2.05, 4.69) is 11.8 Å². The summed E-state index contributed by atoms with van der Waals surface area (Å²) in [5.74, 6) is 1.02. The molecule has 0 unspecified atom stereocenters. The van der Waals surface area contributed by atoms with Crippen LogP contribution in [0.4, 0.5) is 0 Å². The lowest BCUT2D eigenvalue weighted by atomic mass is 9.91. The summed E-state index contributed by atoms with van der Waals surface area (Å²) in [6.07, 6.45) is 13.3. The summed E-state index contributed by atoms with van der Waals surface area (Å²) >= 11 is 0. The van der Waals surface area contributed by atoms with Gasteiger partial charge in [0, 0.05) is 6.61 Å². The van der Waals surface area contributed by atoms with Crippen molar-refractivity contribution < 1.29 is 5.11 Å². The number of nitrogens with zero attached hydrogens (tertiary/aromatic N) is 1. The molecule has 1 fully saturated rings. The highest BCUT2D eigenvalue weighted by atomic mass is 16.2. The van der Waals surface area contributed by atoms with Crippen LogP contribution in [0.15, 0.2) is 0 Å². The normalized spacial score (nSPS) is 18.3. The van der Waals surface area contributed by atoms with Crippen LogP contribution in [0.2, 0.25) is 0 Å². The van der Waals surface area contributed by atoms with Crippen LogP contribution < -0.4 is 0 Å². The van der Waals surface area contributed by atoms with Gasteiger partial charge in [0.1, 0.15) is 0 Å². The Balaban J connectivity index is 1.94. The summed E-state index contributed by atoms with van der Waals surface area (Å²) in [4.78, 5) is 2.65. The predicted octanol–water partition coefficient (Wildman–Crippen LogP) is 3.83. The van der Waals surface area contributed by atoms with E-state index in [-0.39, 0.29) is 0 Å². The Hall–Kier alpha value is -0.0800. The number of hydrogen-bond acceptors (Lipinski definition) is 2. The molecular weight excluding hydrogens is 222 g/mol. The number of aliphatic hydroxyl groups excluding tert-OH is 1. The van der Waals surface area contributed by atoms with E-state index < -0.39 is 0 Å². The van der Waals surface area contributed by atoms with E-state index >= 15 is 0 Å². The highest BCUT2D eigenvalue weighted by molar-refractivity contribution is 4.72. The van der Waals surface area contributed by atoms with Crippen molar-refractivity contribution in [3.63, 3.8) is 0 Å². The summed E-state index contributed by atoms with van der Waals surface area (Å²) in [6, 6.07) is 0. The molecule has 108 valence electrons. The van der Waals surface area contributed by atoms with Crippen molar-refractivity contribution in [1.82, 2.24) is 4.90 Å². The second-order valence-electron chi connectivity index (χ2n) is 5.92. The first-order chi connectivity index (χ1) is 8.86. The SMILES string of the molecule is CCCCCC1CCN(CCCCCCO)CC1. The fourth-order valence-electron chi connectivity index (χ4n) is 2.98. The molecule has 1 N–H and O–H groups in total. The van der Waals surface area contributed by atoms with Crippen molar-refractivity contribution in [2.45, 2.75) is 71.1 Å². The molecule has 0 aliphatic carbocycles. The largest absolute Gasteiger partial charge is 0.396 e. The molecule has 2 nitrogen and oxygen atoms in total. The van der Waals surface area contributed by atoms with Crippen molar-refractivity contribution >= 4 is 0 Å². The van der Waals surface area contributed by atoms with Gasteiger partial charge < -0.3 is 10.0 Å². The monoisotopic (exact) mass is 255 g/mol. The number of likely N-dealkylation sites (tertiary alicyclic amines) is 1. The molecule has 0 aromatic heterocycles. The Kier molecular flexibility index (Phi) is 9.59. The summed E-state index contributed by atoms with van der Waals surface area (Å²) in [5, 5.41) is 8.72. The minimum Gasteiger partial charge on any atom is -0.396 e. The third kappa shape index (κ3) is 7.38. The molecule has 0 saturated carbocycles. The van der Waals surface area contributed by atoms with Gasteiger partial charge in [0.05, 0.1) is 0 Å². The van der Waals surface area contributed by atoms with Crippen LogP contribution in [-0.4, -0.2) is 36.2 Å². The number of rotatable bonds is 10. The minimum atomic E-state index is 0.364. The van der Waals surface area contributed by atoms with E-state index in [0.717, 1.165) is 12.3 Å². The van der Waals surface area contributed by atoms with Crippen molar-refractivity contribution in [1.29, 1.82) is 0 Å². The topological polar surface area (TPSA) is 23.5 Å². The fourth-order valence-corrected chi connectivity index (χ4v) is 2.98. The van der Waals surface area contributed by atoms with Crippen LogP contribution in [0.5, 0.6) is 0 Å². The zero-order valence-corrected chi connectivity index (χ0v) is 12.4. The second kappa shape index (κ2) is 10.8. The maximum Gasteiger partial charge on any atom is 0.0431 e. The Morgan fingerprint density at radius 1 is 0.944 bits per heavy atom. The van der Waals surface area contributed by atoms with Crippen molar-refractivity contribution in [2.24, 2.45) is 5.92 Å². The van der Waals surface area contributed by atoms with Gasteiger partial charge in [-0.25, -0.2) is 0 Å². The summed E-state index contributed by atoms with van der Waals surface area (Å²) < 4.78 is 0. The van der Waals surface area contributed by atoms with Gasteiger partial charge in [-0.3, -0.25) is 0 Å². The Morgan fingerprint density at radius 3 is 2.33 bits per heavy atom. The van der Waals surface area contributed by atoms with E-state index in [9.17, 15) is 0 Å². The van der Waals surface area contributed by atoms with E-state index in [1.807, 2.05) is 0 Å². The van der Waals surface area contributed by atoms with Gasteiger partial charge in [-0.1, -0.05) is 45.4 Å². The molecule has 1 heterocycles. The molecule has 0 aromatic rings. The average Bonchev–Trinajstić information content (AvgIpc) is 2.40. The summed E-state index contributed by atoms with van der Waals surface area (Å²) in [5.41, 5.74) is 0. The van der Waals surface area contributed by atoms with Gasteiger partial charge in [0.25, 0.3) is 0 Å². The van der Waals surface area contributed by atoms with Gasteiger partial charge in [0.15, 0.2) is 0 Å². The van der Waals surface area contributed by atoms with Crippen LogP contribution in [0.25, 0.3) is 0 Å².